The molecule has 0 aromatic heterocycles. The van der Waals surface area contributed by atoms with Gasteiger partial charge in [-0.3, -0.25) is 0 Å². The molecule has 0 aromatic rings. The molecular weight excluding hydrogens is 174 g/mol. The van der Waals surface area contributed by atoms with E-state index in [1.807, 2.05) is 0 Å². The standard InChI is InChI=1S/C12H19NO/c14-2-1-13-12-10-4-8-3-9(6-10)7-11(12)5-8/h8-10,13-14H,1-7H2. The molecule has 2 fully saturated rings. The predicted molar refractivity (Wildman–Crippen MR) is 55.7 cm³/mol. The molecule has 2 nitrogen and oxygen atoms in total. The van der Waals surface area contributed by atoms with Crippen LogP contribution in [-0.4, -0.2) is 18.3 Å². The minimum Gasteiger partial charge on any atom is -0.395 e. The molecule has 14 heavy (non-hydrogen) atoms. The lowest BCUT2D eigenvalue weighted by atomic mass is 9.60. The zero-order valence-corrected chi connectivity index (χ0v) is 8.63. The van der Waals surface area contributed by atoms with Crippen LogP contribution in [0.1, 0.15) is 32.1 Å². The lowest BCUT2D eigenvalue weighted by Crippen LogP contribution is -2.40. The first-order chi connectivity index (χ1) is 6.86. The Balaban J connectivity index is 1.82. The molecule has 4 bridgehead atoms. The highest BCUT2D eigenvalue weighted by molar-refractivity contribution is 5.26. The van der Waals surface area contributed by atoms with Gasteiger partial charge in [0, 0.05) is 12.2 Å². The van der Waals surface area contributed by atoms with Crippen molar-refractivity contribution < 1.29 is 5.11 Å². The number of hydrogen-bond donors (Lipinski definition) is 2. The van der Waals surface area contributed by atoms with Crippen molar-refractivity contribution in [1.29, 1.82) is 0 Å². The maximum absolute atomic E-state index is 8.84. The fraction of sp³-hybridized carbons (Fsp3) is 0.833. The van der Waals surface area contributed by atoms with Crippen LogP contribution < -0.4 is 5.32 Å². The molecule has 0 radical (unpaired) electrons. The molecule has 0 aromatic carbocycles. The van der Waals surface area contributed by atoms with E-state index in [4.69, 9.17) is 5.11 Å². The van der Waals surface area contributed by atoms with E-state index in [1.54, 1.807) is 5.57 Å². The minimum atomic E-state index is 0.260. The van der Waals surface area contributed by atoms with E-state index in [0.717, 1.165) is 24.3 Å². The monoisotopic (exact) mass is 193 g/mol. The third kappa shape index (κ3) is 1.28. The fourth-order valence-electron chi connectivity index (χ4n) is 3.88. The summed E-state index contributed by atoms with van der Waals surface area (Å²) in [5, 5.41) is 12.3. The molecule has 4 aliphatic rings. The topological polar surface area (TPSA) is 32.3 Å². The number of allylic oxidation sites excluding steroid dienone is 2. The normalized spacial score (nSPS) is 39.4. The van der Waals surface area contributed by atoms with Gasteiger partial charge in [-0.05, 0) is 49.9 Å². The van der Waals surface area contributed by atoms with Crippen molar-refractivity contribution in [1.82, 2.24) is 5.32 Å². The van der Waals surface area contributed by atoms with E-state index in [0.29, 0.717) is 0 Å². The number of aliphatic hydroxyl groups is 1. The average Bonchev–Trinajstić information content (AvgIpc) is 2.15. The summed E-state index contributed by atoms with van der Waals surface area (Å²) in [6, 6.07) is 0. The highest BCUT2D eigenvalue weighted by Gasteiger charge is 2.41. The molecule has 0 spiro atoms. The van der Waals surface area contributed by atoms with Crippen molar-refractivity contribution in [2.45, 2.75) is 32.1 Å². The lowest BCUT2D eigenvalue weighted by molar-refractivity contribution is 0.149. The first-order valence-corrected chi connectivity index (χ1v) is 5.93. The maximum atomic E-state index is 8.84. The van der Waals surface area contributed by atoms with Crippen LogP contribution in [0.15, 0.2) is 11.3 Å². The Labute approximate surface area is 85.4 Å². The SMILES string of the molecule is OCCNC1=C2CC3CC(C2)CC1C3. The largest absolute Gasteiger partial charge is 0.395 e. The van der Waals surface area contributed by atoms with Crippen molar-refractivity contribution in [2.24, 2.45) is 17.8 Å². The smallest absolute Gasteiger partial charge is 0.0603 e. The molecule has 78 valence electrons. The molecule has 0 aliphatic heterocycles. The molecule has 2 unspecified atom stereocenters. The van der Waals surface area contributed by atoms with Crippen LogP contribution >= 0.6 is 0 Å². The molecule has 2 atom stereocenters. The molecule has 2 heteroatoms. The van der Waals surface area contributed by atoms with Gasteiger partial charge in [0.05, 0.1) is 6.61 Å². The molecule has 0 saturated heterocycles. The van der Waals surface area contributed by atoms with Gasteiger partial charge in [-0.1, -0.05) is 5.57 Å². The van der Waals surface area contributed by atoms with Crippen LogP contribution in [0.2, 0.25) is 0 Å². The average molecular weight is 193 g/mol. The molecule has 2 N–H and O–H groups in total. The lowest BCUT2D eigenvalue weighted by Gasteiger charge is -2.47. The number of nitrogens with one attached hydrogen (secondary N) is 1. The third-order valence-corrected chi connectivity index (χ3v) is 4.19. The van der Waals surface area contributed by atoms with E-state index in [1.165, 1.54) is 37.8 Å². The number of hydrogen-bond acceptors (Lipinski definition) is 2. The Morgan fingerprint density at radius 3 is 2.43 bits per heavy atom. The summed E-state index contributed by atoms with van der Waals surface area (Å²) in [5.41, 5.74) is 3.22. The van der Waals surface area contributed by atoms with Gasteiger partial charge >= 0.3 is 0 Å². The predicted octanol–water partition coefficient (Wildman–Crippen LogP) is 1.66. The van der Waals surface area contributed by atoms with E-state index in [-0.39, 0.29) is 6.61 Å². The summed E-state index contributed by atoms with van der Waals surface area (Å²) in [4.78, 5) is 0. The third-order valence-electron chi connectivity index (χ3n) is 4.19. The quantitative estimate of drug-likeness (QED) is 0.714. The van der Waals surface area contributed by atoms with Crippen LogP contribution in [0.3, 0.4) is 0 Å². The maximum Gasteiger partial charge on any atom is 0.0603 e. The van der Waals surface area contributed by atoms with Crippen molar-refractivity contribution in [3.05, 3.63) is 11.3 Å². The molecule has 0 heterocycles. The summed E-state index contributed by atoms with van der Waals surface area (Å²) < 4.78 is 0. The van der Waals surface area contributed by atoms with Crippen LogP contribution in [0, 0.1) is 17.8 Å². The molecule has 0 amide bonds. The van der Waals surface area contributed by atoms with Crippen LogP contribution in [0.5, 0.6) is 0 Å². The van der Waals surface area contributed by atoms with Gasteiger partial charge in [0.15, 0.2) is 0 Å². The fourth-order valence-corrected chi connectivity index (χ4v) is 3.88. The van der Waals surface area contributed by atoms with Crippen LogP contribution in [-0.2, 0) is 0 Å². The Bertz CT molecular complexity index is 255. The molecule has 2 saturated carbocycles. The summed E-state index contributed by atoms with van der Waals surface area (Å²) in [5.74, 6) is 2.83. The van der Waals surface area contributed by atoms with Gasteiger partial charge in [-0.2, -0.15) is 0 Å². The van der Waals surface area contributed by atoms with Crippen LogP contribution in [0.25, 0.3) is 0 Å². The Morgan fingerprint density at radius 1 is 1.14 bits per heavy atom. The van der Waals surface area contributed by atoms with Gasteiger partial charge < -0.3 is 10.4 Å². The summed E-state index contributed by atoms with van der Waals surface area (Å²) in [6.07, 6.45) is 7.01. The molecule has 4 rings (SSSR count). The Kier molecular flexibility index (Phi) is 2.05. The van der Waals surface area contributed by atoms with Gasteiger partial charge in [0.1, 0.15) is 0 Å². The zero-order chi connectivity index (χ0) is 9.54. The van der Waals surface area contributed by atoms with Gasteiger partial charge in [-0.25, -0.2) is 0 Å². The summed E-state index contributed by atoms with van der Waals surface area (Å²) >= 11 is 0. The van der Waals surface area contributed by atoms with Crippen molar-refractivity contribution in [3.8, 4) is 0 Å². The van der Waals surface area contributed by atoms with E-state index < -0.39 is 0 Å². The van der Waals surface area contributed by atoms with E-state index in [9.17, 15) is 0 Å². The van der Waals surface area contributed by atoms with Gasteiger partial charge in [0.25, 0.3) is 0 Å². The Morgan fingerprint density at radius 2 is 1.86 bits per heavy atom. The minimum absolute atomic E-state index is 0.260. The van der Waals surface area contributed by atoms with Gasteiger partial charge in [-0.15, -0.1) is 0 Å². The first kappa shape index (κ1) is 8.78. The summed E-state index contributed by atoms with van der Waals surface area (Å²) in [6.45, 7) is 1.00. The zero-order valence-electron chi connectivity index (χ0n) is 8.63. The number of aliphatic hydroxyl groups excluding tert-OH is 1. The summed E-state index contributed by atoms with van der Waals surface area (Å²) in [7, 11) is 0. The van der Waals surface area contributed by atoms with Crippen molar-refractivity contribution >= 4 is 0 Å². The van der Waals surface area contributed by atoms with Crippen LogP contribution in [0.4, 0.5) is 0 Å². The van der Waals surface area contributed by atoms with Gasteiger partial charge in [0.2, 0.25) is 0 Å². The second-order valence-corrected chi connectivity index (χ2v) is 5.21. The highest BCUT2D eigenvalue weighted by atomic mass is 16.3. The first-order valence-electron chi connectivity index (χ1n) is 5.93. The second-order valence-electron chi connectivity index (χ2n) is 5.21. The second kappa shape index (κ2) is 3.27. The van der Waals surface area contributed by atoms with Crippen molar-refractivity contribution in [2.75, 3.05) is 13.2 Å². The molecular formula is C12H19NO. The van der Waals surface area contributed by atoms with E-state index in [2.05, 4.69) is 5.32 Å². The molecule has 4 aliphatic carbocycles. The highest BCUT2D eigenvalue weighted by Crippen LogP contribution is 2.52. The van der Waals surface area contributed by atoms with Crippen molar-refractivity contribution in [3.63, 3.8) is 0 Å². The Hall–Kier alpha value is -0.500. The number of rotatable bonds is 3. The van der Waals surface area contributed by atoms with E-state index >= 15 is 0 Å².